The minimum Gasteiger partial charge on any atom is -0.244 e. The van der Waals surface area contributed by atoms with Gasteiger partial charge in [-0.05, 0) is 57.2 Å². The maximum Gasteiger partial charge on any atom is 0.291 e. The Bertz CT molecular complexity index is 1440. The monoisotopic (exact) mass is 476 g/mol. The van der Waals surface area contributed by atoms with Crippen molar-refractivity contribution in [2.75, 3.05) is 6.26 Å². The lowest BCUT2D eigenvalue weighted by Crippen LogP contribution is -2.08. The van der Waals surface area contributed by atoms with Crippen molar-refractivity contribution in [2.24, 2.45) is 7.54 Å². The highest BCUT2D eigenvalue weighted by Gasteiger charge is 2.23. The number of benzene rings is 3. The Morgan fingerprint density at radius 3 is 1.29 bits per heavy atom. The third-order valence-electron chi connectivity index (χ3n) is 4.55. The van der Waals surface area contributed by atoms with E-state index in [0.717, 1.165) is 16.7 Å². The number of hydrogen-bond donors (Lipinski definition) is 0. The molecule has 164 valence electrons. The fourth-order valence-electron chi connectivity index (χ4n) is 2.73. The molecule has 3 aromatic carbocycles. The van der Waals surface area contributed by atoms with Crippen LogP contribution in [0.5, 0.6) is 0 Å². The van der Waals surface area contributed by atoms with Crippen molar-refractivity contribution in [3.05, 3.63) is 89.5 Å². The van der Waals surface area contributed by atoms with Gasteiger partial charge < -0.3 is 0 Å². The fourth-order valence-corrected chi connectivity index (χ4v) is 8.68. The van der Waals surface area contributed by atoms with Crippen LogP contribution in [-0.2, 0) is 29.7 Å². The number of rotatable bonds is 5. The van der Waals surface area contributed by atoms with Gasteiger partial charge in [0.15, 0.2) is 0 Å². The molecule has 0 aliphatic carbocycles. The van der Waals surface area contributed by atoms with Crippen molar-refractivity contribution >= 4 is 29.7 Å². The first-order chi connectivity index (χ1) is 14.4. The van der Waals surface area contributed by atoms with Crippen LogP contribution in [0, 0.1) is 20.8 Å². The van der Waals surface area contributed by atoms with Crippen LogP contribution in [0.4, 0.5) is 0 Å². The van der Waals surface area contributed by atoms with E-state index in [0.29, 0.717) is 4.90 Å². The standard InChI is InChI=1S/C22H24N2O4S3/c1-17-5-11-20(12-6-17)29(4,25)23-30(26,21-13-7-18(2)8-14-21)24-31(27,28)22-15-9-19(3)10-16-22/h5-16H,1-4H3. The summed E-state index contributed by atoms with van der Waals surface area (Å²) < 4.78 is 61.1. The highest BCUT2D eigenvalue weighted by Crippen LogP contribution is 2.25. The summed E-state index contributed by atoms with van der Waals surface area (Å²) in [5, 5.41) is 0. The van der Waals surface area contributed by atoms with Gasteiger partial charge in [-0.1, -0.05) is 56.9 Å². The molecule has 0 spiro atoms. The van der Waals surface area contributed by atoms with Crippen molar-refractivity contribution in [3.8, 4) is 0 Å². The van der Waals surface area contributed by atoms with Crippen molar-refractivity contribution in [1.82, 2.24) is 0 Å². The number of aryl methyl sites for hydroxylation is 3. The van der Waals surface area contributed by atoms with Crippen LogP contribution < -0.4 is 0 Å². The van der Waals surface area contributed by atoms with Gasteiger partial charge in [0.25, 0.3) is 10.0 Å². The molecule has 0 aliphatic heterocycles. The molecule has 6 nitrogen and oxygen atoms in total. The van der Waals surface area contributed by atoms with Crippen LogP contribution in [-0.4, -0.2) is 23.1 Å². The molecular formula is C22H24N2O4S3. The molecule has 0 heterocycles. The van der Waals surface area contributed by atoms with Gasteiger partial charge in [-0.15, -0.1) is 3.77 Å². The summed E-state index contributed by atoms with van der Waals surface area (Å²) in [6.07, 6.45) is 1.33. The van der Waals surface area contributed by atoms with Crippen LogP contribution in [0.2, 0.25) is 0 Å². The lowest BCUT2D eigenvalue weighted by molar-refractivity contribution is 0.598. The molecule has 0 saturated carbocycles. The summed E-state index contributed by atoms with van der Waals surface area (Å²) in [6, 6.07) is 19.2. The molecule has 2 atom stereocenters. The van der Waals surface area contributed by atoms with Gasteiger partial charge in [0.1, 0.15) is 0 Å². The lowest BCUT2D eigenvalue weighted by atomic mass is 10.2. The minimum absolute atomic E-state index is 0.0791. The third-order valence-corrected chi connectivity index (χ3v) is 11.0. The SMILES string of the molecule is Cc1ccc(S(=O)(=O)N=S(=O)(N=S(C)(=O)c2ccc(C)cc2)c2ccc(C)cc2)cc1. The molecule has 3 rings (SSSR count). The molecule has 0 saturated heterocycles. The topological polar surface area (TPSA) is 93.0 Å². The molecule has 9 heteroatoms. The second-order valence-corrected chi connectivity index (χ2v) is 13.5. The first kappa shape index (κ1) is 23.2. The molecule has 0 amide bonds. The van der Waals surface area contributed by atoms with Crippen LogP contribution in [0.3, 0.4) is 0 Å². The van der Waals surface area contributed by atoms with Crippen LogP contribution >= 0.6 is 0 Å². The zero-order valence-electron chi connectivity index (χ0n) is 17.7. The zero-order valence-corrected chi connectivity index (χ0v) is 20.1. The van der Waals surface area contributed by atoms with Crippen molar-refractivity contribution in [2.45, 2.75) is 35.5 Å². The molecule has 0 N–H and O–H groups in total. The summed E-state index contributed by atoms with van der Waals surface area (Å²) in [5.74, 6) is 0. The third kappa shape index (κ3) is 5.41. The fraction of sp³-hybridized carbons (Fsp3) is 0.182. The van der Waals surface area contributed by atoms with E-state index in [1.54, 1.807) is 48.5 Å². The Morgan fingerprint density at radius 1 is 0.516 bits per heavy atom. The molecule has 0 bridgehead atoms. The molecule has 2 unspecified atom stereocenters. The highest BCUT2D eigenvalue weighted by molar-refractivity contribution is 8.08. The van der Waals surface area contributed by atoms with Gasteiger partial charge in [0.2, 0.25) is 9.92 Å². The van der Waals surface area contributed by atoms with Gasteiger partial charge in [-0.3, -0.25) is 0 Å². The van der Waals surface area contributed by atoms with E-state index in [1.807, 2.05) is 20.8 Å². The van der Waals surface area contributed by atoms with E-state index in [4.69, 9.17) is 0 Å². The maximum atomic E-state index is 13.9. The predicted octanol–water partition coefficient (Wildman–Crippen LogP) is 4.90. The number of sulfonamides is 1. The largest absolute Gasteiger partial charge is 0.291 e. The van der Waals surface area contributed by atoms with Crippen LogP contribution in [0.25, 0.3) is 0 Å². The first-order valence-corrected chi connectivity index (χ1v) is 14.2. The Balaban J connectivity index is 2.30. The summed E-state index contributed by atoms with van der Waals surface area (Å²) in [6.45, 7) is 5.56. The van der Waals surface area contributed by atoms with Crippen molar-refractivity contribution < 1.29 is 16.8 Å². The maximum absolute atomic E-state index is 13.9. The van der Waals surface area contributed by atoms with Gasteiger partial charge in [0.05, 0.1) is 19.5 Å². The zero-order chi connectivity index (χ0) is 22.9. The first-order valence-electron chi connectivity index (χ1n) is 9.38. The van der Waals surface area contributed by atoms with E-state index >= 15 is 0 Å². The van der Waals surface area contributed by atoms with Gasteiger partial charge >= 0.3 is 0 Å². The highest BCUT2D eigenvalue weighted by atomic mass is 32.3. The van der Waals surface area contributed by atoms with Crippen molar-refractivity contribution in [1.29, 1.82) is 0 Å². The number of hydrogen-bond acceptors (Lipinski definition) is 4. The second-order valence-electron chi connectivity index (χ2n) is 7.36. The average molecular weight is 477 g/mol. The minimum atomic E-state index is -4.32. The Kier molecular flexibility index (Phi) is 6.40. The predicted molar refractivity (Wildman–Crippen MR) is 124 cm³/mol. The summed E-state index contributed by atoms with van der Waals surface area (Å²) >= 11 is 0. The van der Waals surface area contributed by atoms with Gasteiger partial charge in [-0.25, -0.2) is 8.42 Å². The molecule has 0 aliphatic rings. The Morgan fingerprint density at radius 2 is 0.871 bits per heavy atom. The molecule has 0 aromatic heterocycles. The Hall–Kier alpha value is -2.49. The molecular weight excluding hydrogens is 452 g/mol. The smallest absolute Gasteiger partial charge is 0.244 e. The van der Waals surface area contributed by atoms with E-state index in [2.05, 4.69) is 7.54 Å². The van der Waals surface area contributed by atoms with E-state index < -0.39 is 29.7 Å². The summed E-state index contributed by atoms with van der Waals surface area (Å²) in [5.41, 5.74) is 2.73. The average Bonchev–Trinajstić information content (AvgIpc) is 2.68. The Labute approximate surface area is 184 Å². The van der Waals surface area contributed by atoms with E-state index in [1.165, 1.54) is 30.5 Å². The van der Waals surface area contributed by atoms with Gasteiger partial charge in [0, 0.05) is 11.2 Å². The van der Waals surface area contributed by atoms with E-state index in [9.17, 15) is 16.8 Å². The quantitative estimate of drug-likeness (QED) is 0.523. The summed E-state index contributed by atoms with van der Waals surface area (Å²) in [7, 11) is -11.5. The molecule has 31 heavy (non-hydrogen) atoms. The lowest BCUT2D eigenvalue weighted by Gasteiger charge is -2.10. The molecule has 0 fully saturated rings. The van der Waals surface area contributed by atoms with E-state index in [-0.39, 0.29) is 9.79 Å². The van der Waals surface area contributed by atoms with Gasteiger partial charge in [-0.2, -0.15) is 8.42 Å². The van der Waals surface area contributed by atoms with Crippen LogP contribution in [0.1, 0.15) is 16.7 Å². The normalized spacial score (nSPS) is 15.5. The van der Waals surface area contributed by atoms with Crippen molar-refractivity contribution in [3.63, 3.8) is 0 Å². The molecule has 3 aromatic rings. The molecule has 0 radical (unpaired) electrons. The van der Waals surface area contributed by atoms with Crippen LogP contribution in [0.15, 0.2) is 95.0 Å². The second kappa shape index (κ2) is 8.57. The summed E-state index contributed by atoms with van der Waals surface area (Å²) in [4.78, 5) is 0.322. The number of nitrogens with zero attached hydrogens (tertiary/aromatic N) is 2.